The van der Waals surface area contributed by atoms with Crippen molar-refractivity contribution in [1.29, 1.82) is 5.26 Å². The molecule has 3 spiro atoms. The van der Waals surface area contributed by atoms with Crippen molar-refractivity contribution in [3.8, 4) is 62.9 Å². The van der Waals surface area contributed by atoms with E-state index in [1.54, 1.807) is 0 Å². The van der Waals surface area contributed by atoms with Crippen molar-refractivity contribution in [2.45, 2.75) is 42.9 Å². The van der Waals surface area contributed by atoms with Gasteiger partial charge in [-0.1, -0.05) is 91.0 Å². The second-order valence-electron chi connectivity index (χ2n) is 16.1. The van der Waals surface area contributed by atoms with Crippen LogP contribution >= 0.6 is 0 Å². The van der Waals surface area contributed by atoms with E-state index >= 15 is 0 Å². The van der Waals surface area contributed by atoms with Crippen molar-refractivity contribution in [2.24, 2.45) is 29.1 Å². The second-order valence-corrected chi connectivity index (χ2v) is 16.1. The minimum Gasteiger partial charge on any atom is -0.457 e. The first kappa shape index (κ1) is 28.1. The first-order chi connectivity index (χ1) is 25.1. The molecule has 5 heteroatoms. The van der Waals surface area contributed by atoms with Crippen molar-refractivity contribution in [3.05, 3.63) is 138 Å². The van der Waals surface area contributed by atoms with Gasteiger partial charge in [0.15, 0.2) is 17.5 Å². The highest BCUT2D eigenvalue weighted by Crippen LogP contribution is 2.96. The maximum absolute atomic E-state index is 9.30. The molecule has 0 saturated heterocycles. The Morgan fingerprint density at radius 1 is 0.569 bits per heavy atom. The van der Waals surface area contributed by atoms with Gasteiger partial charge in [-0.2, -0.15) is 5.26 Å². The summed E-state index contributed by atoms with van der Waals surface area (Å²) in [4.78, 5) is 15.3. The molecule has 13 rings (SSSR count). The van der Waals surface area contributed by atoms with Crippen LogP contribution in [0.4, 0.5) is 0 Å². The van der Waals surface area contributed by atoms with Crippen LogP contribution in [0.25, 0.3) is 45.3 Å². The normalized spacial score (nSPS) is 30.7. The van der Waals surface area contributed by atoms with Crippen LogP contribution in [0.2, 0.25) is 0 Å². The van der Waals surface area contributed by atoms with E-state index in [1.807, 2.05) is 48.5 Å². The second kappa shape index (κ2) is 9.59. The number of hydrogen-bond donors (Lipinski definition) is 0. The summed E-state index contributed by atoms with van der Waals surface area (Å²) >= 11 is 0. The van der Waals surface area contributed by atoms with Crippen LogP contribution < -0.4 is 4.74 Å². The van der Waals surface area contributed by atoms with Crippen molar-refractivity contribution < 1.29 is 4.74 Å². The summed E-state index contributed by atoms with van der Waals surface area (Å²) in [6, 6.07) is 44.2. The van der Waals surface area contributed by atoms with Gasteiger partial charge in [-0.25, -0.2) is 15.0 Å². The van der Waals surface area contributed by atoms with Gasteiger partial charge in [0.1, 0.15) is 11.5 Å². The lowest BCUT2D eigenvalue weighted by Crippen LogP contribution is -2.79. The number of benzene rings is 5. The minimum atomic E-state index is 0.198. The van der Waals surface area contributed by atoms with Crippen LogP contribution in [0, 0.1) is 40.4 Å². The molecule has 3 heterocycles. The summed E-state index contributed by atoms with van der Waals surface area (Å²) < 4.78 is 7.05. The zero-order valence-corrected chi connectivity index (χ0v) is 28.1. The molecule has 5 saturated carbocycles. The third kappa shape index (κ3) is 3.35. The molecular weight excluding hydrogens is 625 g/mol. The molecule has 5 aromatic carbocycles. The number of para-hydroxylation sites is 1. The molecule has 51 heavy (non-hydrogen) atoms. The highest BCUT2D eigenvalue weighted by Gasteiger charge is 2.92. The fourth-order valence-electron chi connectivity index (χ4n) is 12.9. The fourth-order valence-corrected chi connectivity index (χ4v) is 12.9. The minimum absolute atomic E-state index is 0.198. The third-order valence-electron chi connectivity index (χ3n) is 14.3. The SMILES string of the molecule is N#Cc1ccc(-c2cccc(-c3nc(-c4ccccc4)nc(-c4ccc5c(c4)Oc4ccccc4C46C[C@@H]7C[C@@H]8CC9CC5(C4)C76C98)n3)c2)cc1. The monoisotopic (exact) mass is 658 g/mol. The van der Waals surface area contributed by atoms with Crippen molar-refractivity contribution >= 4 is 0 Å². The Balaban J connectivity index is 1.02. The topological polar surface area (TPSA) is 71.7 Å². The quantitative estimate of drug-likeness (QED) is 0.189. The Bertz CT molecular complexity index is 2500. The van der Waals surface area contributed by atoms with Gasteiger partial charge in [-0.05, 0) is 103 Å². The number of ether oxygens (including phenoxy) is 1. The maximum Gasteiger partial charge on any atom is 0.164 e. The third-order valence-corrected chi connectivity index (χ3v) is 14.3. The van der Waals surface area contributed by atoms with Crippen molar-refractivity contribution in [2.75, 3.05) is 0 Å². The van der Waals surface area contributed by atoms with Gasteiger partial charge >= 0.3 is 0 Å². The molecule has 5 nitrogen and oxygen atoms in total. The van der Waals surface area contributed by atoms with E-state index in [2.05, 4.69) is 78.9 Å². The zero-order valence-electron chi connectivity index (χ0n) is 28.1. The Hall–Kier alpha value is -5.60. The van der Waals surface area contributed by atoms with Crippen molar-refractivity contribution in [1.82, 2.24) is 15.0 Å². The Labute approximate surface area is 297 Å². The van der Waals surface area contributed by atoms with Crippen molar-refractivity contribution in [3.63, 3.8) is 0 Å². The summed E-state index contributed by atoms with van der Waals surface area (Å²) in [5.74, 6) is 7.41. The van der Waals surface area contributed by atoms with Gasteiger partial charge in [0, 0.05) is 38.6 Å². The summed E-state index contributed by atoms with van der Waals surface area (Å²) in [6.07, 6.45) is 6.77. The molecule has 7 atom stereocenters. The molecule has 7 aliphatic rings. The molecule has 244 valence electrons. The summed E-state index contributed by atoms with van der Waals surface area (Å²) in [5.41, 5.74) is 9.25. The molecule has 2 bridgehead atoms. The number of nitriles is 1. The molecule has 5 fully saturated rings. The van der Waals surface area contributed by atoms with Gasteiger partial charge in [0.2, 0.25) is 0 Å². The Kier molecular flexibility index (Phi) is 5.29. The Morgan fingerprint density at radius 2 is 1.24 bits per heavy atom. The fraction of sp³-hybridized carbons (Fsp3) is 0.261. The van der Waals surface area contributed by atoms with E-state index in [1.165, 1.54) is 43.2 Å². The lowest BCUT2D eigenvalue weighted by molar-refractivity contribution is -0.237. The number of aromatic nitrogens is 3. The van der Waals surface area contributed by atoms with E-state index in [0.717, 1.165) is 63.0 Å². The molecular formula is C46H34N4O. The number of hydrogen-bond acceptors (Lipinski definition) is 5. The lowest BCUT2D eigenvalue weighted by Gasteiger charge is -2.80. The van der Waals surface area contributed by atoms with E-state index in [9.17, 15) is 5.26 Å². The molecule has 6 aromatic rings. The molecule has 0 amide bonds. The molecule has 0 N–H and O–H groups in total. The van der Waals surface area contributed by atoms with Gasteiger partial charge in [0.05, 0.1) is 11.6 Å². The highest BCUT2D eigenvalue weighted by molar-refractivity contribution is 5.74. The van der Waals surface area contributed by atoms with E-state index < -0.39 is 0 Å². The number of rotatable bonds is 4. The highest BCUT2D eigenvalue weighted by atomic mass is 16.5. The first-order valence-electron chi connectivity index (χ1n) is 18.5. The molecule has 5 unspecified atom stereocenters. The average molecular weight is 659 g/mol. The van der Waals surface area contributed by atoms with Gasteiger partial charge in [0.25, 0.3) is 0 Å². The van der Waals surface area contributed by atoms with Gasteiger partial charge < -0.3 is 4.74 Å². The van der Waals surface area contributed by atoms with Gasteiger partial charge in [-0.3, -0.25) is 0 Å². The van der Waals surface area contributed by atoms with Crippen LogP contribution in [0.1, 0.15) is 48.8 Å². The van der Waals surface area contributed by atoms with Crippen LogP contribution in [0.5, 0.6) is 11.5 Å². The summed E-state index contributed by atoms with van der Waals surface area (Å²) in [5, 5.41) is 9.30. The predicted molar refractivity (Wildman–Crippen MR) is 196 cm³/mol. The molecule has 5 aliphatic carbocycles. The van der Waals surface area contributed by atoms with E-state index in [4.69, 9.17) is 19.7 Å². The maximum atomic E-state index is 9.30. The van der Waals surface area contributed by atoms with Crippen LogP contribution in [0.15, 0.2) is 121 Å². The molecule has 2 aliphatic heterocycles. The van der Waals surface area contributed by atoms with E-state index in [-0.39, 0.29) is 10.8 Å². The Morgan fingerprint density at radius 3 is 2.06 bits per heavy atom. The smallest absolute Gasteiger partial charge is 0.164 e. The lowest BCUT2D eigenvalue weighted by atomic mass is 9.22. The van der Waals surface area contributed by atoms with Crippen LogP contribution in [0.3, 0.4) is 0 Å². The largest absolute Gasteiger partial charge is 0.457 e. The standard InChI is InChI=1S/C46H34N4O/c47-25-27-13-15-28(16-14-27)30-9-6-10-31(19-30)42-48-41(29-7-2-1-3-8-29)49-43(50-42)32-17-18-37-39(22-32)51-38-12-5-4-11-36(38)45-24-35-21-33-20-34-23-44(37,26-45)46(35,45)40(33)34/h1-19,22,33-35,40H,20-21,23-24,26H2/t33-,34?,35-,40?,44?,45?,46?/m0/s1. The molecule has 0 radical (unpaired) electrons. The number of nitrogens with zero attached hydrogens (tertiary/aromatic N) is 4. The zero-order chi connectivity index (χ0) is 33.5. The van der Waals surface area contributed by atoms with Crippen LogP contribution in [-0.4, -0.2) is 15.0 Å². The van der Waals surface area contributed by atoms with Crippen LogP contribution in [-0.2, 0) is 10.8 Å². The predicted octanol–water partition coefficient (Wildman–Crippen LogP) is 10.2. The summed E-state index contributed by atoms with van der Waals surface area (Å²) in [6.45, 7) is 0. The van der Waals surface area contributed by atoms with E-state index in [0.29, 0.717) is 28.5 Å². The molecule has 1 aromatic heterocycles. The van der Waals surface area contributed by atoms with Gasteiger partial charge in [-0.15, -0.1) is 0 Å². The summed E-state index contributed by atoms with van der Waals surface area (Å²) in [7, 11) is 0. The average Bonchev–Trinajstić information content (AvgIpc) is 3.56. The first-order valence-corrected chi connectivity index (χ1v) is 18.5.